The molecule has 0 radical (unpaired) electrons. The molecule has 0 aliphatic carbocycles. The summed E-state index contributed by atoms with van der Waals surface area (Å²) in [7, 11) is 1.70. The van der Waals surface area contributed by atoms with Crippen molar-refractivity contribution in [3.05, 3.63) is 59.0 Å². The lowest BCUT2D eigenvalue weighted by molar-refractivity contribution is -0.119. The zero-order valence-electron chi connectivity index (χ0n) is 17.8. The fraction of sp³-hybridized carbons (Fsp3) is 0.333. The van der Waals surface area contributed by atoms with Crippen LogP contribution < -0.4 is 15.5 Å². The number of anilines is 3. The van der Waals surface area contributed by atoms with E-state index in [2.05, 4.69) is 25.7 Å². The third-order valence-corrected chi connectivity index (χ3v) is 5.26. The molecule has 3 aromatic rings. The molecule has 2 atom stereocenters. The van der Waals surface area contributed by atoms with Gasteiger partial charge in [0.2, 0.25) is 11.9 Å². The second-order valence-corrected chi connectivity index (χ2v) is 7.77. The number of benzene rings is 1. The number of carbonyl (C=O) groups is 1. The summed E-state index contributed by atoms with van der Waals surface area (Å²) < 4.78 is 28.1. The SMILES string of the molecule is Cc1nc(NCc2cnn(Cc3ccc(F)c(F)c3)c2)nc2c1NC(=O)[C@H]([C@@H](C)O)N2C. The van der Waals surface area contributed by atoms with Gasteiger partial charge in [-0.15, -0.1) is 0 Å². The number of hydrogen-bond acceptors (Lipinski definition) is 7. The van der Waals surface area contributed by atoms with Crippen molar-refractivity contribution in [2.75, 3.05) is 22.6 Å². The Kier molecular flexibility index (Phi) is 5.74. The van der Waals surface area contributed by atoms with Gasteiger partial charge in [0.05, 0.1) is 24.5 Å². The molecule has 4 rings (SSSR count). The molecule has 3 N–H and O–H groups in total. The molecule has 0 fully saturated rings. The Morgan fingerprint density at radius 1 is 1.25 bits per heavy atom. The summed E-state index contributed by atoms with van der Waals surface area (Å²) in [5.74, 6) is -1.21. The van der Waals surface area contributed by atoms with Crippen LogP contribution in [0.2, 0.25) is 0 Å². The molecular formula is C21H23F2N7O2. The van der Waals surface area contributed by atoms with Crippen LogP contribution in [0, 0.1) is 18.6 Å². The molecule has 1 aliphatic rings. The van der Waals surface area contributed by atoms with Crippen molar-refractivity contribution in [1.29, 1.82) is 0 Å². The number of fused-ring (bicyclic) bond motifs is 1. The quantitative estimate of drug-likeness (QED) is 0.535. The van der Waals surface area contributed by atoms with Crippen molar-refractivity contribution in [3.63, 3.8) is 0 Å². The van der Waals surface area contributed by atoms with E-state index in [0.29, 0.717) is 41.8 Å². The third-order valence-electron chi connectivity index (χ3n) is 5.26. The van der Waals surface area contributed by atoms with Gasteiger partial charge >= 0.3 is 0 Å². The molecule has 1 aliphatic heterocycles. The monoisotopic (exact) mass is 443 g/mol. The van der Waals surface area contributed by atoms with Crippen molar-refractivity contribution in [1.82, 2.24) is 19.7 Å². The highest BCUT2D eigenvalue weighted by atomic mass is 19.2. The lowest BCUT2D eigenvalue weighted by Crippen LogP contribution is -2.52. The number of aryl methyl sites for hydroxylation is 1. The van der Waals surface area contributed by atoms with E-state index in [9.17, 15) is 18.7 Å². The number of nitrogens with zero attached hydrogens (tertiary/aromatic N) is 5. The number of rotatable bonds is 6. The molecule has 2 aromatic heterocycles. The molecule has 168 valence electrons. The van der Waals surface area contributed by atoms with Crippen molar-refractivity contribution in [2.24, 2.45) is 0 Å². The van der Waals surface area contributed by atoms with E-state index in [4.69, 9.17) is 0 Å². The van der Waals surface area contributed by atoms with Crippen LogP contribution in [-0.4, -0.2) is 50.0 Å². The minimum Gasteiger partial charge on any atom is -0.391 e. The Morgan fingerprint density at radius 2 is 2.03 bits per heavy atom. The number of aliphatic hydroxyl groups is 1. The van der Waals surface area contributed by atoms with Crippen molar-refractivity contribution in [2.45, 2.75) is 39.1 Å². The first-order valence-electron chi connectivity index (χ1n) is 10.0. The summed E-state index contributed by atoms with van der Waals surface area (Å²) in [6.45, 7) is 4.00. The molecule has 0 saturated carbocycles. The minimum absolute atomic E-state index is 0.302. The Balaban J connectivity index is 1.46. The Hall–Kier alpha value is -3.60. The van der Waals surface area contributed by atoms with Gasteiger partial charge in [0, 0.05) is 25.4 Å². The number of aromatic nitrogens is 4. The Bertz CT molecular complexity index is 1170. The molecule has 3 heterocycles. The average molecular weight is 443 g/mol. The molecule has 11 heteroatoms. The average Bonchev–Trinajstić information content (AvgIpc) is 3.17. The lowest BCUT2D eigenvalue weighted by Gasteiger charge is -2.36. The second-order valence-electron chi connectivity index (χ2n) is 7.77. The van der Waals surface area contributed by atoms with Crippen LogP contribution in [0.4, 0.5) is 26.2 Å². The predicted octanol–water partition coefficient (Wildman–Crippen LogP) is 2.06. The molecule has 32 heavy (non-hydrogen) atoms. The van der Waals surface area contributed by atoms with Crippen LogP contribution in [0.25, 0.3) is 0 Å². The van der Waals surface area contributed by atoms with Crippen LogP contribution in [-0.2, 0) is 17.9 Å². The normalized spacial score (nSPS) is 16.5. The number of halogens is 2. The van der Waals surface area contributed by atoms with E-state index in [1.165, 1.54) is 6.07 Å². The summed E-state index contributed by atoms with van der Waals surface area (Å²) in [5.41, 5.74) is 2.54. The van der Waals surface area contributed by atoms with Gasteiger partial charge in [-0.05, 0) is 31.5 Å². The molecule has 1 aromatic carbocycles. The zero-order valence-corrected chi connectivity index (χ0v) is 17.8. The summed E-state index contributed by atoms with van der Waals surface area (Å²) >= 11 is 0. The van der Waals surface area contributed by atoms with Gasteiger partial charge in [-0.25, -0.2) is 13.8 Å². The van der Waals surface area contributed by atoms with Crippen molar-refractivity contribution >= 4 is 23.4 Å². The first kappa shape index (κ1) is 21.6. The minimum atomic E-state index is -0.893. The Morgan fingerprint density at radius 3 is 2.75 bits per heavy atom. The maximum absolute atomic E-state index is 13.4. The van der Waals surface area contributed by atoms with Gasteiger partial charge < -0.3 is 20.6 Å². The van der Waals surface area contributed by atoms with Gasteiger partial charge in [0.1, 0.15) is 11.7 Å². The first-order chi connectivity index (χ1) is 15.2. The maximum atomic E-state index is 13.4. The van der Waals surface area contributed by atoms with Gasteiger partial charge in [-0.3, -0.25) is 9.48 Å². The summed E-state index contributed by atoms with van der Waals surface area (Å²) in [6, 6.07) is 3.00. The van der Waals surface area contributed by atoms with E-state index in [-0.39, 0.29) is 5.91 Å². The van der Waals surface area contributed by atoms with E-state index < -0.39 is 23.8 Å². The fourth-order valence-electron chi connectivity index (χ4n) is 3.68. The number of carbonyl (C=O) groups excluding carboxylic acids is 1. The fourth-order valence-corrected chi connectivity index (χ4v) is 3.68. The highest BCUT2D eigenvalue weighted by Crippen LogP contribution is 2.33. The summed E-state index contributed by atoms with van der Waals surface area (Å²) in [6.07, 6.45) is 2.57. The van der Waals surface area contributed by atoms with Gasteiger partial charge in [0.25, 0.3) is 0 Å². The molecule has 0 bridgehead atoms. The van der Waals surface area contributed by atoms with Crippen LogP contribution >= 0.6 is 0 Å². The highest BCUT2D eigenvalue weighted by molar-refractivity contribution is 6.03. The summed E-state index contributed by atoms with van der Waals surface area (Å²) in [4.78, 5) is 22.8. The largest absolute Gasteiger partial charge is 0.391 e. The van der Waals surface area contributed by atoms with Crippen molar-refractivity contribution in [3.8, 4) is 0 Å². The summed E-state index contributed by atoms with van der Waals surface area (Å²) in [5, 5.41) is 20.1. The number of nitrogens with one attached hydrogen (secondary N) is 2. The predicted molar refractivity (Wildman–Crippen MR) is 114 cm³/mol. The second kappa shape index (κ2) is 8.50. The smallest absolute Gasteiger partial charge is 0.249 e. The van der Waals surface area contributed by atoms with E-state index in [1.807, 2.05) is 0 Å². The number of likely N-dealkylation sites (N-methyl/N-ethyl adjacent to an activating group) is 1. The van der Waals surface area contributed by atoms with Gasteiger partial charge in [-0.1, -0.05) is 6.07 Å². The molecular weight excluding hydrogens is 420 g/mol. The topological polar surface area (TPSA) is 108 Å². The van der Waals surface area contributed by atoms with Gasteiger partial charge in [0.15, 0.2) is 17.5 Å². The number of aliphatic hydroxyl groups excluding tert-OH is 1. The number of amides is 1. The van der Waals surface area contributed by atoms with Gasteiger partial charge in [-0.2, -0.15) is 10.1 Å². The van der Waals surface area contributed by atoms with E-state index in [0.717, 1.165) is 17.7 Å². The van der Waals surface area contributed by atoms with Crippen LogP contribution in [0.5, 0.6) is 0 Å². The lowest BCUT2D eigenvalue weighted by atomic mass is 10.1. The molecule has 0 saturated heterocycles. The van der Waals surface area contributed by atoms with Crippen LogP contribution in [0.1, 0.15) is 23.7 Å². The number of hydrogen-bond donors (Lipinski definition) is 3. The van der Waals surface area contributed by atoms with Crippen LogP contribution in [0.15, 0.2) is 30.6 Å². The third kappa shape index (κ3) is 4.24. The Labute approximate surface area is 183 Å². The molecule has 0 spiro atoms. The first-order valence-corrected chi connectivity index (χ1v) is 10.0. The van der Waals surface area contributed by atoms with Crippen LogP contribution in [0.3, 0.4) is 0 Å². The molecule has 1 amide bonds. The maximum Gasteiger partial charge on any atom is 0.249 e. The van der Waals surface area contributed by atoms with E-state index >= 15 is 0 Å². The molecule has 0 unspecified atom stereocenters. The van der Waals surface area contributed by atoms with E-state index in [1.54, 1.807) is 42.9 Å². The zero-order chi connectivity index (χ0) is 23.0. The van der Waals surface area contributed by atoms with Crippen molar-refractivity contribution < 1.29 is 18.7 Å². The standard InChI is InChI=1S/C21H23F2N7O2/c1-11-17-19(29(3)18(12(2)31)20(32)27-17)28-21(26-11)24-7-14-8-25-30(10-14)9-13-4-5-15(22)16(23)6-13/h4-6,8,10,12,18,31H,7,9H2,1-3H3,(H,27,32)(H,24,26,28)/t12-,18+/m1/s1. The highest BCUT2D eigenvalue weighted by Gasteiger charge is 2.36. The molecule has 9 nitrogen and oxygen atoms in total.